The van der Waals surface area contributed by atoms with Crippen molar-refractivity contribution in [2.24, 2.45) is 11.7 Å². The molecule has 0 saturated heterocycles. The second-order valence-electron chi connectivity index (χ2n) is 4.16. The number of carbonyl (C=O) groups is 2. The van der Waals surface area contributed by atoms with E-state index in [0.717, 1.165) is 6.07 Å². The molecule has 2 atom stereocenters. The molecule has 5 heteroatoms. The number of nitrogens with two attached hydrogens (primary N) is 1. The van der Waals surface area contributed by atoms with Crippen LogP contribution in [0.1, 0.15) is 16.8 Å². The van der Waals surface area contributed by atoms with Crippen molar-refractivity contribution in [3.63, 3.8) is 0 Å². The van der Waals surface area contributed by atoms with Crippen LogP contribution >= 0.6 is 0 Å². The van der Waals surface area contributed by atoms with E-state index in [2.05, 4.69) is 4.74 Å². The van der Waals surface area contributed by atoms with Crippen molar-refractivity contribution in [3.8, 4) is 0 Å². The highest BCUT2D eigenvalue weighted by atomic mass is 19.1. The van der Waals surface area contributed by atoms with Gasteiger partial charge in [-0.05, 0) is 18.6 Å². The summed E-state index contributed by atoms with van der Waals surface area (Å²) in [5, 5.41) is 0. The third kappa shape index (κ3) is 1.93. The number of halogens is 1. The number of methoxy groups -OCH3 is 1. The molecule has 0 aromatic heterocycles. The number of ether oxygens (including phenoxy) is 1. The van der Waals surface area contributed by atoms with E-state index in [1.807, 2.05) is 0 Å². The zero-order valence-electron chi connectivity index (χ0n) is 9.27. The second kappa shape index (κ2) is 3.92. The summed E-state index contributed by atoms with van der Waals surface area (Å²) in [6, 6.07) is 5.33. The Kier molecular flexibility index (Phi) is 2.71. The van der Waals surface area contributed by atoms with Gasteiger partial charge in [-0.25, -0.2) is 4.39 Å². The van der Waals surface area contributed by atoms with Gasteiger partial charge < -0.3 is 10.5 Å². The lowest BCUT2D eigenvalue weighted by Crippen LogP contribution is -2.38. The lowest BCUT2D eigenvalue weighted by molar-refractivity contribution is -0.143. The molecule has 0 aliphatic heterocycles. The first-order valence-corrected chi connectivity index (χ1v) is 5.16. The van der Waals surface area contributed by atoms with Crippen molar-refractivity contribution in [1.82, 2.24) is 0 Å². The van der Waals surface area contributed by atoms with E-state index in [0.29, 0.717) is 0 Å². The number of hydrogen-bond acceptors (Lipinski definition) is 4. The summed E-state index contributed by atoms with van der Waals surface area (Å²) >= 11 is 0. The van der Waals surface area contributed by atoms with E-state index < -0.39 is 23.2 Å². The Hall–Kier alpha value is -1.75. The molecule has 17 heavy (non-hydrogen) atoms. The first-order valence-electron chi connectivity index (χ1n) is 5.16. The van der Waals surface area contributed by atoms with E-state index >= 15 is 0 Å². The minimum absolute atomic E-state index is 0.228. The molecule has 90 valence electrons. The van der Waals surface area contributed by atoms with Gasteiger partial charge in [-0.2, -0.15) is 0 Å². The quantitative estimate of drug-likeness (QED) is 0.626. The normalized spacial score (nSPS) is 26.4. The van der Waals surface area contributed by atoms with E-state index in [1.165, 1.54) is 25.3 Å². The molecule has 0 spiro atoms. The molecular weight excluding hydrogens is 225 g/mol. The fourth-order valence-electron chi connectivity index (χ4n) is 1.86. The van der Waals surface area contributed by atoms with Gasteiger partial charge in [0.25, 0.3) is 0 Å². The lowest BCUT2D eigenvalue weighted by atomic mass is 10.0. The first kappa shape index (κ1) is 11.7. The van der Waals surface area contributed by atoms with Gasteiger partial charge in [0.15, 0.2) is 5.78 Å². The van der Waals surface area contributed by atoms with Gasteiger partial charge in [0, 0.05) is 5.56 Å². The molecule has 4 nitrogen and oxygen atoms in total. The number of esters is 1. The molecule has 2 unspecified atom stereocenters. The Bertz CT molecular complexity index is 488. The van der Waals surface area contributed by atoms with Crippen LogP contribution in [-0.4, -0.2) is 24.4 Å². The molecule has 0 radical (unpaired) electrons. The highest BCUT2D eigenvalue weighted by molar-refractivity contribution is 6.06. The molecule has 2 N–H and O–H groups in total. The van der Waals surface area contributed by atoms with Crippen LogP contribution in [0.3, 0.4) is 0 Å². The fraction of sp³-hybridized carbons (Fsp3) is 0.333. The Morgan fingerprint density at radius 1 is 1.53 bits per heavy atom. The molecule has 1 aromatic carbocycles. The van der Waals surface area contributed by atoms with E-state index in [1.54, 1.807) is 0 Å². The number of hydrogen-bond donors (Lipinski definition) is 1. The Morgan fingerprint density at radius 2 is 2.24 bits per heavy atom. The van der Waals surface area contributed by atoms with Crippen LogP contribution in [-0.2, 0) is 9.53 Å². The summed E-state index contributed by atoms with van der Waals surface area (Å²) in [4.78, 5) is 23.3. The average Bonchev–Trinajstić information content (AvgIpc) is 3.01. The summed E-state index contributed by atoms with van der Waals surface area (Å²) in [6.07, 6.45) is 0.245. The van der Waals surface area contributed by atoms with Gasteiger partial charge in [0.1, 0.15) is 11.4 Å². The number of carbonyl (C=O) groups excluding carboxylic acids is 2. The van der Waals surface area contributed by atoms with Crippen LogP contribution in [0.5, 0.6) is 0 Å². The van der Waals surface area contributed by atoms with Gasteiger partial charge >= 0.3 is 5.97 Å². The molecule has 0 heterocycles. The predicted molar refractivity (Wildman–Crippen MR) is 57.8 cm³/mol. The van der Waals surface area contributed by atoms with Crippen molar-refractivity contribution >= 4 is 11.8 Å². The summed E-state index contributed by atoms with van der Waals surface area (Å²) < 4.78 is 17.5. The average molecular weight is 237 g/mol. The standard InChI is InChI=1S/C12H12FNO3/c1-17-11(16)12(14)6-9(12)10(15)7-3-2-4-8(13)5-7/h2-5,9H,6,14H2,1H3. The van der Waals surface area contributed by atoms with Crippen molar-refractivity contribution in [1.29, 1.82) is 0 Å². The predicted octanol–water partition coefficient (Wildman–Crippen LogP) is 0.899. The summed E-state index contributed by atoms with van der Waals surface area (Å²) in [7, 11) is 1.22. The molecule has 2 rings (SSSR count). The Labute approximate surface area is 97.6 Å². The Balaban J connectivity index is 2.17. The minimum Gasteiger partial charge on any atom is -0.468 e. The van der Waals surface area contributed by atoms with Gasteiger partial charge in [0.2, 0.25) is 0 Å². The SMILES string of the molecule is COC(=O)C1(N)CC1C(=O)c1cccc(F)c1. The van der Waals surface area contributed by atoms with Crippen LogP contribution in [0.15, 0.2) is 24.3 Å². The summed E-state index contributed by atoms with van der Waals surface area (Å²) in [5.41, 5.74) is 4.72. The van der Waals surface area contributed by atoms with Crippen molar-refractivity contribution < 1.29 is 18.7 Å². The van der Waals surface area contributed by atoms with E-state index in [-0.39, 0.29) is 17.8 Å². The molecule has 0 amide bonds. The van der Waals surface area contributed by atoms with Gasteiger partial charge in [-0.3, -0.25) is 9.59 Å². The summed E-state index contributed by atoms with van der Waals surface area (Å²) in [5.74, 6) is -2.03. The van der Waals surface area contributed by atoms with Gasteiger partial charge in [0.05, 0.1) is 13.0 Å². The number of Topliss-reactive ketones (excluding diaryl/α,β-unsaturated/α-hetero) is 1. The number of ketones is 1. The number of benzene rings is 1. The van der Waals surface area contributed by atoms with Crippen molar-refractivity contribution in [2.45, 2.75) is 12.0 Å². The smallest absolute Gasteiger partial charge is 0.326 e. The number of rotatable bonds is 3. The van der Waals surface area contributed by atoms with Crippen LogP contribution in [0.4, 0.5) is 4.39 Å². The second-order valence-corrected chi connectivity index (χ2v) is 4.16. The third-order valence-electron chi connectivity index (χ3n) is 2.99. The van der Waals surface area contributed by atoms with Crippen molar-refractivity contribution in [2.75, 3.05) is 7.11 Å². The molecule has 1 fully saturated rings. The van der Waals surface area contributed by atoms with Gasteiger partial charge in [-0.15, -0.1) is 0 Å². The highest BCUT2D eigenvalue weighted by Crippen LogP contribution is 2.44. The minimum atomic E-state index is -1.24. The first-order chi connectivity index (χ1) is 7.99. The third-order valence-corrected chi connectivity index (χ3v) is 2.99. The zero-order chi connectivity index (χ0) is 12.6. The van der Waals surface area contributed by atoms with Crippen LogP contribution in [0.2, 0.25) is 0 Å². The maximum Gasteiger partial charge on any atom is 0.326 e. The molecule has 1 saturated carbocycles. The van der Waals surface area contributed by atoms with Gasteiger partial charge in [-0.1, -0.05) is 12.1 Å². The largest absolute Gasteiger partial charge is 0.468 e. The maximum atomic E-state index is 13.0. The van der Waals surface area contributed by atoms with E-state index in [9.17, 15) is 14.0 Å². The van der Waals surface area contributed by atoms with E-state index in [4.69, 9.17) is 5.73 Å². The monoisotopic (exact) mass is 237 g/mol. The topological polar surface area (TPSA) is 69.4 Å². The Morgan fingerprint density at radius 3 is 2.82 bits per heavy atom. The van der Waals surface area contributed by atoms with Crippen LogP contribution in [0.25, 0.3) is 0 Å². The molecule has 1 aromatic rings. The van der Waals surface area contributed by atoms with Crippen LogP contribution in [0, 0.1) is 11.7 Å². The zero-order valence-corrected chi connectivity index (χ0v) is 9.27. The molecule has 0 bridgehead atoms. The van der Waals surface area contributed by atoms with Crippen LogP contribution < -0.4 is 5.73 Å². The molecular formula is C12H12FNO3. The highest BCUT2D eigenvalue weighted by Gasteiger charge is 2.61. The summed E-state index contributed by atoms with van der Waals surface area (Å²) in [6.45, 7) is 0. The maximum absolute atomic E-state index is 13.0. The lowest BCUT2D eigenvalue weighted by Gasteiger charge is -2.07. The molecule has 1 aliphatic rings. The fourth-order valence-corrected chi connectivity index (χ4v) is 1.86. The van der Waals surface area contributed by atoms with Crippen molar-refractivity contribution in [3.05, 3.63) is 35.6 Å². The molecule has 1 aliphatic carbocycles.